The van der Waals surface area contributed by atoms with Crippen LogP contribution in [0.5, 0.6) is 5.75 Å². The van der Waals surface area contributed by atoms with Crippen molar-refractivity contribution in [2.45, 2.75) is 51.3 Å². The Labute approximate surface area is 300 Å². The number of fused-ring (bicyclic) bond motifs is 1. The van der Waals surface area contributed by atoms with Crippen molar-refractivity contribution in [3.63, 3.8) is 0 Å². The van der Waals surface area contributed by atoms with Crippen LogP contribution in [-0.4, -0.2) is 110 Å². The molecule has 2 aliphatic rings. The molecule has 13 nitrogen and oxygen atoms in total. The van der Waals surface area contributed by atoms with Crippen molar-refractivity contribution < 1.29 is 13.2 Å². The molecule has 6 rings (SSSR count). The number of hydrogen-bond acceptors (Lipinski definition) is 12. The first-order valence-electron chi connectivity index (χ1n) is 17.2. The number of methoxy groups -OCH3 is 1. The van der Waals surface area contributed by atoms with Crippen molar-refractivity contribution in [2.75, 3.05) is 80.3 Å². The molecule has 2 aromatic heterocycles. The highest BCUT2D eigenvalue weighted by atomic mass is 35.5. The molecule has 268 valence electrons. The van der Waals surface area contributed by atoms with Crippen LogP contribution in [0.4, 0.5) is 34.5 Å². The van der Waals surface area contributed by atoms with Gasteiger partial charge >= 0.3 is 0 Å². The minimum Gasteiger partial charge on any atom is -0.494 e. The highest BCUT2D eigenvalue weighted by molar-refractivity contribution is 7.93. The molecule has 2 fully saturated rings. The predicted molar refractivity (Wildman–Crippen MR) is 202 cm³/mol. The molecule has 4 aromatic rings. The summed E-state index contributed by atoms with van der Waals surface area (Å²) in [6, 6.07) is 8.37. The fourth-order valence-corrected chi connectivity index (χ4v) is 7.98. The van der Waals surface area contributed by atoms with Crippen molar-refractivity contribution in [1.29, 1.82) is 0 Å². The number of benzene rings is 2. The maximum atomic E-state index is 13.3. The average Bonchev–Trinajstić information content (AvgIpc) is 3.12. The van der Waals surface area contributed by atoms with E-state index in [9.17, 15) is 8.42 Å². The van der Waals surface area contributed by atoms with Crippen molar-refractivity contribution in [3.05, 3.63) is 53.4 Å². The summed E-state index contributed by atoms with van der Waals surface area (Å²) in [5.41, 5.74) is 4.89. The van der Waals surface area contributed by atoms with E-state index in [-0.39, 0.29) is 5.02 Å². The van der Waals surface area contributed by atoms with E-state index < -0.39 is 15.3 Å². The number of ether oxygens (including phenoxy) is 1. The molecule has 2 aromatic carbocycles. The summed E-state index contributed by atoms with van der Waals surface area (Å²) in [4.78, 5) is 25.6. The van der Waals surface area contributed by atoms with E-state index in [4.69, 9.17) is 21.3 Å². The molecule has 15 heteroatoms. The lowest BCUT2D eigenvalue weighted by atomic mass is 9.99. The highest BCUT2D eigenvalue weighted by Gasteiger charge is 2.29. The van der Waals surface area contributed by atoms with E-state index in [2.05, 4.69) is 66.4 Å². The number of aryl methyl sites for hydroxylation is 1. The van der Waals surface area contributed by atoms with E-state index in [0.717, 1.165) is 64.2 Å². The number of nitrogens with zero attached hydrogens (tertiary/aromatic N) is 8. The van der Waals surface area contributed by atoms with Gasteiger partial charge in [-0.25, -0.2) is 13.4 Å². The first-order valence-corrected chi connectivity index (χ1v) is 19.0. The zero-order chi connectivity index (χ0) is 35.6. The summed E-state index contributed by atoms with van der Waals surface area (Å²) in [5.74, 6) is 1.27. The van der Waals surface area contributed by atoms with Gasteiger partial charge in [-0.15, -0.1) is 0 Å². The second-order valence-corrected chi connectivity index (χ2v) is 16.1. The molecule has 2 aliphatic heterocycles. The van der Waals surface area contributed by atoms with E-state index in [1.165, 1.54) is 35.0 Å². The molecule has 4 heterocycles. The van der Waals surface area contributed by atoms with Crippen LogP contribution in [0, 0.1) is 0 Å². The summed E-state index contributed by atoms with van der Waals surface area (Å²) >= 11 is 6.61. The number of rotatable bonds is 11. The van der Waals surface area contributed by atoms with Gasteiger partial charge in [-0.05, 0) is 63.9 Å². The number of sulfonamides is 1. The third-order valence-corrected chi connectivity index (χ3v) is 12.2. The minimum absolute atomic E-state index is 0.256. The molecular formula is C35H47ClN10O3S. The number of likely N-dealkylation sites (N-methyl/N-ethyl adjacent to an activating group) is 1. The molecule has 0 saturated carbocycles. The Bertz CT molecular complexity index is 1930. The van der Waals surface area contributed by atoms with Gasteiger partial charge in [0.2, 0.25) is 16.0 Å². The smallest absolute Gasteiger partial charge is 0.237 e. The zero-order valence-corrected chi connectivity index (χ0v) is 31.2. The first kappa shape index (κ1) is 35.8. The Kier molecular flexibility index (Phi) is 10.8. The number of halogens is 1. The fourth-order valence-electron chi connectivity index (χ4n) is 6.77. The van der Waals surface area contributed by atoms with E-state index in [1.807, 2.05) is 0 Å². The Morgan fingerprint density at radius 1 is 1.00 bits per heavy atom. The summed E-state index contributed by atoms with van der Waals surface area (Å²) in [7, 11) is 1.67. The molecule has 2 saturated heterocycles. The second kappa shape index (κ2) is 15.1. The van der Waals surface area contributed by atoms with Gasteiger partial charge in [0.05, 0.1) is 35.4 Å². The maximum Gasteiger partial charge on any atom is 0.237 e. The number of piperazine rings is 1. The van der Waals surface area contributed by atoms with Gasteiger partial charge in [0.15, 0.2) is 5.82 Å². The quantitative estimate of drug-likeness (QED) is 0.202. The molecule has 0 amide bonds. The normalized spacial score (nSPS) is 16.6. The van der Waals surface area contributed by atoms with Crippen LogP contribution in [0.3, 0.4) is 0 Å². The van der Waals surface area contributed by atoms with Crippen LogP contribution in [0.25, 0.3) is 11.0 Å². The lowest BCUT2D eigenvalue weighted by Gasteiger charge is -2.43. The summed E-state index contributed by atoms with van der Waals surface area (Å²) in [6.45, 7) is 12.0. The zero-order valence-electron chi connectivity index (χ0n) is 29.6. The average molecular weight is 723 g/mol. The molecular weight excluding hydrogens is 676 g/mol. The van der Waals surface area contributed by atoms with Crippen molar-refractivity contribution in [1.82, 2.24) is 29.7 Å². The van der Waals surface area contributed by atoms with Crippen LogP contribution >= 0.6 is 11.6 Å². The van der Waals surface area contributed by atoms with Gasteiger partial charge in [-0.2, -0.15) is 4.98 Å². The highest BCUT2D eigenvalue weighted by Crippen LogP contribution is 2.39. The lowest BCUT2D eigenvalue weighted by Crippen LogP contribution is -2.52. The first-order chi connectivity index (χ1) is 24.0. The third kappa shape index (κ3) is 7.39. The monoisotopic (exact) mass is 722 g/mol. The van der Waals surface area contributed by atoms with E-state index in [0.29, 0.717) is 46.0 Å². The molecule has 50 heavy (non-hydrogen) atoms. The largest absolute Gasteiger partial charge is 0.494 e. The van der Waals surface area contributed by atoms with Gasteiger partial charge in [0.25, 0.3) is 0 Å². The molecule has 0 bridgehead atoms. The summed E-state index contributed by atoms with van der Waals surface area (Å²) in [6.07, 6.45) is 7.74. The Morgan fingerprint density at radius 2 is 1.72 bits per heavy atom. The van der Waals surface area contributed by atoms with Gasteiger partial charge in [0.1, 0.15) is 22.0 Å². The standard InChI is InChI=1S/C35H47ClN10O3S/c1-7-24-20-29(31(49-6)21-30(24)46-14-10-25(11-15-46)45-18-16-43(4)17-19-45)41-35-39-22-26(36)34(42-35)40-28-9-8-27-32(38-13-12-37-27)33(28)44(5)50(47,48)23(2)3/h8-9,12-13,20-23,25H,7,10-11,14-19H2,1-6H3,(H2,39,40,41,42). The van der Waals surface area contributed by atoms with E-state index in [1.54, 1.807) is 39.3 Å². The van der Waals surface area contributed by atoms with Crippen LogP contribution < -0.4 is 24.6 Å². The topological polar surface area (TPSA) is 132 Å². The Balaban J connectivity index is 1.25. The Morgan fingerprint density at radius 3 is 2.40 bits per heavy atom. The number of anilines is 6. The molecule has 0 atom stereocenters. The van der Waals surface area contributed by atoms with Gasteiger partial charge in [0, 0.05) is 76.5 Å². The number of nitrogens with one attached hydrogen (secondary N) is 2. The van der Waals surface area contributed by atoms with Gasteiger partial charge in [-0.1, -0.05) is 18.5 Å². The fraction of sp³-hybridized carbons (Fsp3) is 0.486. The predicted octanol–water partition coefficient (Wildman–Crippen LogP) is 5.52. The minimum atomic E-state index is -3.70. The van der Waals surface area contributed by atoms with Gasteiger partial charge in [-0.3, -0.25) is 19.2 Å². The van der Waals surface area contributed by atoms with Crippen molar-refractivity contribution >= 4 is 67.2 Å². The van der Waals surface area contributed by atoms with Crippen molar-refractivity contribution in [2.24, 2.45) is 0 Å². The van der Waals surface area contributed by atoms with Gasteiger partial charge < -0.3 is 25.2 Å². The lowest BCUT2D eigenvalue weighted by molar-refractivity contribution is 0.0982. The Hall–Kier alpha value is -3.98. The number of aromatic nitrogens is 4. The van der Waals surface area contributed by atoms with Crippen LogP contribution in [0.2, 0.25) is 5.02 Å². The maximum absolute atomic E-state index is 13.3. The second-order valence-electron chi connectivity index (χ2n) is 13.2. The number of piperidine rings is 1. The number of hydrogen-bond donors (Lipinski definition) is 2. The summed E-state index contributed by atoms with van der Waals surface area (Å²) in [5, 5.41) is 6.18. The van der Waals surface area contributed by atoms with E-state index >= 15 is 0 Å². The van der Waals surface area contributed by atoms with Crippen LogP contribution in [-0.2, 0) is 16.4 Å². The van der Waals surface area contributed by atoms with Crippen LogP contribution in [0.15, 0.2) is 42.9 Å². The SMILES string of the molecule is CCc1cc(Nc2ncc(Cl)c(Nc3ccc4nccnc4c3N(C)S(=O)(=O)C(C)C)n2)c(OC)cc1N1CCC(N2CCN(C)CC2)CC1. The molecule has 0 spiro atoms. The molecule has 2 N–H and O–H groups in total. The van der Waals surface area contributed by atoms with Crippen molar-refractivity contribution in [3.8, 4) is 5.75 Å². The van der Waals surface area contributed by atoms with Crippen LogP contribution in [0.1, 0.15) is 39.2 Å². The molecule has 0 unspecified atom stereocenters. The molecule has 0 aliphatic carbocycles. The summed E-state index contributed by atoms with van der Waals surface area (Å²) < 4.78 is 33.7. The molecule has 0 radical (unpaired) electrons. The third-order valence-electron chi connectivity index (χ3n) is 9.79.